The number of carbonyl (C=O) groups excluding carboxylic acids is 1. The first-order valence-corrected chi connectivity index (χ1v) is 9.59. The van der Waals surface area contributed by atoms with Gasteiger partial charge in [0.15, 0.2) is 5.96 Å². The van der Waals surface area contributed by atoms with Crippen LogP contribution in [0, 0.1) is 5.92 Å². The molecule has 1 heterocycles. The summed E-state index contributed by atoms with van der Waals surface area (Å²) in [6.07, 6.45) is 7.76. The number of aliphatic imine (C=N–C) groups is 1. The fourth-order valence-corrected chi connectivity index (χ4v) is 3.83. The first-order valence-electron chi connectivity index (χ1n) is 9.59. The lowest BCUT2D eigenvalue weighted by Gasteiger charge is -2.23. The standard InChI is InChI=1S/C20H30N4O/c21-20(23-18-9-5-2-6-10-18)22-14-17-13-19(25)24(15-17)12-11-16-7-3-1-4-8-16/h1,3-4,7-8,17-18H,2,5-6,9-15H2,(H3,21,22,23). The van der Waals surface area contributed by atoms with Gasteiger partial charge in [-0.15, -0.1) is 0 Å². The molecule has 3 rings (SSSR count). The number of likely N-dealkylation sites (tertiary alicyclic amines) is 1. The van der Waals surface area contributed by atoms with E-state index in [2.05, 4.69) is 22.4 Å². The Kier molecular flexibility index (Phi) is 6.31. The molecule has 1 aromatic rings. The van der Waals surface area contributed by atoms with Gasteiger partial charge in [0.1, 0.15) is 0 Å². The molecule has 2 fully saturated rings. The number of amides is 1. The number of nitrogens with two attached hydrogens (primary N) is 1. The van der Waals surface area contributed by atoms with E-state index in [1.54, 1.807) is 0 Å². The van der Waals surface area contributed by atoms with Crippen LogP contribution in [-0.2, 0) is 11.2 Å². The second-order valence-electron chi connectivity index (χ2n) is 7.35. The summed E-state index contributed by atoms with van der Waals surface area (Å²) in [5.74, 6) is 1.08. The average Bonchev–Trinajstić information content (AvgIpc) is 3.00. The fourth-order valence-electron chi connectivity index (χ4n) is 3.83. The van der Waals surface area contributed by atoms with E-state index in [9.17, 15) is 4.79 Å². The molecule has 1 atom stereocenters. The highest BCUT2D eigenvalue weighted by atomic mass is 16.2. The maximum atomic E-state index is 12.2. The van der Waals surface area contributed by atoms with E-state index in [1.165, 1.54) is 37.7 Å². The largest absolute Gasteiger partial charge is 0.370 e. The second kappa shape index (κ2) is 8.88. The Morgan fingerprint density at radius 3 is 2.72 bits per heavy atom. The Morgan fingerprint density at radius 1 is 1.20 bits per heavy atom. The molecule has 1 saturated carbocycles. The number of nitrogens with one attached hydrogen (secondary N) is 1. The van der Waals surface area contributed by atoms with Gasteiger partial charge in [-0.3, -0.25) is 9.79 Å². The summed E-state index contributed by atoms with van der Waals surface area (Å²) in [7, 11) is 0. The van der Waals surface area contributed by atoms with Gasteiger partial charge in [-0.25, -0.2) is 0 Å². The Bertz CT molecular complexity index is 581. The van der Waals surface area contributed by atoms with Crippen molar-refractivity contribution in [1.82, 2.24) is 10.2 Å². The molecule has 1 saturated heterocycles. The minimum atomic E-state index is 0.245. The quantitative estimate of drug-likeness (QED) is 0.616. The van der Waals surface area contributed by atoms with E-state index in [-0.39, 0.29) is 11.8 Å². The van der Waals surface area contributed by atoms with Crippen molar-refractivity contribution in [2.45, 2.75) is 51.0 Å². The molecule has 5 heteroatoms. The topological polar surface area (TPSA) is 70.7 Å². The molecular weight excluding hydrogens is 312 g/mol. The first kappa shape index (κ1) is 17.8. The predicted molar refractivity (Wildman–Crippen MR) is 101 cm³/mol. The van der Waals surface area contributed by atoms with Crippen molar-refractivity contribution >= 4 is 11.9 Å². The molecule has 0 aromatic heterocycles. The zero-order valence-electron chi connectivity index (χ0n) is 15.0. The lowest BCUT2D eigenvalue weighted by Crippen LogP contribution is -2.41. The monoisotopic (exact) mass is 342 g/mol. The third-order valence-corrected chi connectivity index (χ3v) is 5.28. The van der Waals surface area contributed by atoms with Crippen LogP contribution in [0.4, 0.5) is 0 Å². The molecule has 0 bridgehead atoms. The van der Waals surface area contributed by atoms with E-state index in [0.29, 0.717) is 25.0 Å². The van der Waals surface area contributed by atoms with Crippen LogP contribution in [0.5, 0.6) is 0 Å². The van der Waals surface area contributed by atoms with Crippen LogP contribution in [0.3, 0.4) is 0 Å². The van der Waals surface area contributed by atoms with Crippen LogP contribution in [0.2, 0.25) is 0 Å². The Hall–Kier alpha value is -2.04. The summed E-state index contributed by atoms with van der Waals surface area (Å²) < 4.78 is 0. The Balaban J connectivity index is 1.41. The smallest absolute Gasteiger partial charge is 0.223 e. The second-order valence-corrected chi connectivity index (χ2v) is 7.35. The van der Waals surface area contributed by atoms with Gasteiger partial charge < -0.3 is 16.0 Å². The summed E-state index contributed by atoms with van der Waals surface area (Å²) in [6.45, 7) is 2.23. The summed E-state index contributed by atoms with van der Waals surface area (Å²) in [6, 6.07) is 10.8. The first-order chi connectivity index (χ1) is 12.2. The van der Waals surface area contributed by atoms with Crippen molar-refractivity contribution in [2.24, 2.45) is 16.6 Å². The summed E-state index contributed by atoms with van der Waals surface area (Å²) in [5, 5.41) is 3.34. The molecule has 5 nitrogen and oxygen atoms in total. The third-order valence-electron chi connectivity index (χ3n) is 5.28. The minimum Gasteiger partial charge on any atom is -0.370 e. The highest BCUT2D eigenvalue weighted by molar-refractivity contribution is 5.79. The van der Waals surface area contributed by atoms with Gasteiger partial charge in [0.25, 0.3) is 0 Å². The van der Waals surface area contributed by atoms with Crippen molar-refractivity contribution in [3.63, 3.8) is 0 Å². The van der Waals surface area contributed by atoms with Gasteiger partial charge in [0.05, 0.1) is 0 Å². The Labute approximate surface area is 150 Å². The van der Waals surface area contributed by atoms with E-state index >= 15 is 0 Å². The molecule has 0 radical (unpaired) electrons. The lowest BCUT2D eigenvalue weighted by molar-refractivity contribution is -0.127. The van der Waals surface area contributed by atoms with Crippen molar-refractivity contribution in [3.05, 3.63) is 35.9 Å². The molecule has 1 aromatic carbocycles. The van der Waals surface area contributed by atoms with E-state index in [0.717, 1.165) is 19.5 Å². The molecule has 1 aliphatic carbocycles. The number of guanidine groups is 1. The van der Waals surface area contributed by atoms with Gasteiger partial charge in [0, 0.05) is 38.0 Å². The van der Waals surface area contributed by atoms with Crippen LogP contribution in [0.15, 0.2) is 35.3 Å². The lowest BCUT2D eigenvalue weighted by atomic mass is 9.96. The van der Waals surface area contributed by atoms with E-state index in [1.807, 2.05) is 23.1 Å². The molecule has 25 heavy (non-hydrogen) atoms. The fraction of sp³-hybridized carbons (Fsp3) is 0.600. The number of hydrogen-bond acceptors (Lipinski definition) is 2. The van der Waals surface area contributed by atoms with Crippen LogP contribution in [0.25, 0.3) is 0 Å². The number of nitrogens with zero attached hydrogens (tertiary/aromatic N) is 2. The number of hydrogen-bond donors (Lipinski definition) is 2. The van der Waals surface area contributed by atoms with Crippen molar-refractivity contribution in [3.8, 4) is 0 Å². The molecular formula is C20H30N4O. The zero-order valence-corrected chi connectivity index (χ0v) is 15.0. The van der Waals surface area contributed by atoms with Gasteiger partial charge in [-0.1, -0.05) is 49.6 Å². The molecule has 1 unspecified atom stereocenters. The summed E-state index contributed by atoms with van der Waals surface area (Å²) in [4.78, 5) is 18.7. The third kappa shape index (κ3) is 5.48. The SMILES string of the molecule is NC(=NCC1CC(=O)N(CCc2ccccc2)C1)NC1CCCCC1. The van der Waals surface area contributed by atoms with Crippen LogP contribution in [0.1, 0.15) is 44.1 Å². The highest BCUT2D eigenvalue weighted by Gasteiger charge is 2.29. The number of benzene rings is 1. The molecule has 3 N–H and O–H groups in total. The minimum absolute atomic E-state index is 0.245. The number of rotatable bonds is 6. The molecule has 0 spiro atoms. The van der Waals surface area contributed by atoms with Crippen LogP contribution in [-0.4, -0.2) is 42.4 Å². The predicted octanol–water partition coefficient (Wildman–Crippen LogP) is 2.31. The summed E-state index contributed by atoms with van der Waals surface area (Å²) in [5.41, 5.74) is 7.30. The van der Waals surface area contributed by atoms with Gasteiger partial charge >= 0.3 is 0 Å². The van der Waals surface area contributed by atoms with Crippen molar-refractivity contribution in [1.29, 1.82) is 0 Å². The summed E-state index contributed by atoms with van der Waals surface area (Å²) >= 11 is 0. The zero-order chi connectivity index (χ0) is 17.5. The van der Waals surface area contributed by atoms with Crippen LogP contribution >= 0.6 is 0 Å². The van der Waals surface area contributed by atoms with Gasteiger partial charge in [-0.05, 0) is 24.8 Å². The molecule has 1 amide bonds. The average molecular weight is 342 g/mol. The molecule has 1 aliphatic heterocycles. The van der Waals surface area contributed by atoms with E-state index < -0.39 is 0 Å². The number of carbonyl (C=O) groups is 1. The van der Waals surface area contributed by atoms with Crippen molar-refractivity contribution in [2.75, 3.05) is 19.6 Å². The highest BCUT2D eigenvalue weighted by Crippen LogP contribution is 2.19. The van der Waals surface area contributed by atoms with Crippen molar-refractivity contribution < 1.29 is 4.79 Å². The maximum absolute atomic E-state index is 12.2. The molecule has 136 valence electrons. The normalized spacial score (nSPS) is 22.4. The maximum Gasteiger partial charge on any atom is 0.223 e. The van der Waals surface area contributed by atoms with Crippen LogP contribution < -0.4 is 11.1 Å². The van der Waals surface area contributed by atoms with Gasteiger partial charge in [-0.2, -0.15) is 0 Å². The Morgan fingerprint density at radius 2 is 1.96 bits per heavy atom. The van der Waals surface area contributed by atoms with E-state index in [4.69, 9.17) is 5.73 Å². The van der Waals surface area contributed by atoms with Gasteiger partial charge in [0.2, 0.25) is 5.91 Å². The molecule has 2 aliphatic rings.